The van der Waals surface area contributed by atoms with Gasteiger partial charge >= 0.3 is 0 Å². The minimum absolute atomic E-state index is 0.0906. The highest BCUT2D eigenvalue weighted by molar-refractivity contribution is 6.04. The Kier molecular flexibility index (Phi) is 4.53. The standard InChI is InChI=1S/C21H24N2O3/c1-14-8-9-15(13-18(14)22-20(24)19-7-4-12-26-19)21(25)23(17-10-11-17)16-5-2-3-6-16/h4,7-9,12-13,16-17H,2-3,5-6,10-11H2,1H3,(H,22,24). The number of nitrogens with one attached hydrogen (secondary N) is 1. The largest absolute Gasteiger partial charge is 0.459 e. The van der Waals surface area contributed by atoms with Crippen LogP contribution in [-0.2, 0) is 0 Å². The van der Waals surface area contributed by atoms with Crippen LogP contribution >= 0.6 is 0 Å². The lowest BCUT2D eigenvalue weighted by molar-refractivity contribution is 0.0664. The van der Waals surface area contributed by atoms with Gasteiger partial charge in [0.2, 0.25) is 0 Å². The van der Waals surface area contributed by atoms with Crippen molar-refractivity contribution in [1.82, 2.24) is 4.90 Å². The number of rotatable bonds is 5. The van der Waals surface area contributed by atoms with Gasteiger partial charge in [0.15, 0.2) is 5.76 Å². The third kappa shape index (κ3) is 3.39. The van der Waals surface area contributed by atoms with Crippen molar-refractivity contribution in [3.8, 4) is 0 Å². The van der Waals surface area contributed by atoms with Crippen LogP contribution in [-0.4, -0.2) is 28.8 Å². The van der Waals surface area contributed by atoms with Crippen LogP contribution in [0.5, 0.6) is 0 Å². The van der Waals surface area contributed by atoms with Gasteiger partial charge in [-0.2, -0.15) is 0 Å². The highest BCUT2D eigenvalue weighted by Gasteiger charge is 2.38. The van der Waals surface area contributed by atoms with E-state index in [1.54, 1.807) is 18.2 Å². The maximum atomic E-state index is 13.2. The van der Waals surface area contributed by atoms with Gasteiger partial charge in [-0.25, -0.2) is 0 Å². The summed E-state index contributed by atoms with van der Waals surface area (Å²) in [5.41, 5.74) is 2.21. The molecular formula is C21H24N2O3. The zero-order valence-corrected chi connectivity index (χ0v) is 15.0. The summed E-state index contributed by atoms with van der Waals surface area (Å²) in [7, 11) is 0. The van der Waals surface area contributed by atoms with Gasteiger partial charge in [-0.15, -0.1) is 0 Å². The van der Waals surface area contributed by atoms with Crippen molar-refractivity contribution >= 4 is 17.5 Å². The highest BCUT2D eigenvalue weighted by Crippen LogP contribution is 2.36. The molecule has 5 nitrogen and oxygen atoms in total. The Balaban J connectivity index is 1.56. The number of hydrogen-bond acceptors (Lipinski definition) is 3. The van der Waals surface area contributed by atoms with Crippen molar-refractivity contribution in [1.29, 1.82) is 0 Å². The molecule has 0 bridgehead atoms. The van der Waals surface area contributed by atoms with E-state index in [-0.39, 0.29) is 17.6 Å². The number of carbonyl (C=O) groups is 2. The molecule has 2 saturated carbocycles. The number of amides is 2. The Labute approximate surface area is 153 Å². The van der Waals surface area contributed by atoms with Crippen molar-refractivity contribution in [3.05, 3.63) is 53.5 Å². The van der Waals surface area contributed by atoms with Gasteiger partial charge in [-0.05, 0) is 62.4 Å². The zero-order chi connectivity index (χ0) is 18.1. The molecule has 0 unspecified atom stereocenters. The fourth-order valence-corrected chi connectivity index (χ4v) is 3.80. The van der Waals surface area contributed by atoms with E-state index in [9.17, 15) is 9.59 Å². The summed E-state index contributed by atoms with van der Waals surface area (Å²) in [6, 6.07) is 9.62. The fourth-order valence-electron chi connectivity index (χ4n) is 3.80. The first-order valence-corrected chi connectivity index (χ1v) is 9.41. The maximum Gasteiger partial charge on any atom is 0.291 e. The second kappa shape index (κ2) is 6.98. The lowest BCUT2D eigenvalue weighted by atomic mass is 10.1. The summed E-state index contributed by atoms with van der Waals surface area (Å²) >= 11 is 0. The Hall–Kier alpha value is -2.56. The van der Waals surface area contributed by atoms with Gasteiger partial charge in [-0.3, -0.25) is 9.59 Å². The van der Waals surface area contributed by atoms with Crippen molar-refractivity contribution in [2.24, 2.45) is 0 Å². The van der Waals surface area contributed by atoms with E-state index in [0.717, 1.165) is 31.2 Å². The molecule has 0 atom stereocenters. The summed E-state index contributed by atoms with van der Waals surface area (Å²) in [6.45, 7) is 1.92. The Morgan fingerprint density at radius 2 is 1.81 bits per heavy atom. The molecule has 136 valence electrons. The van der Waals surface area contributed by atoms with Crippen LogP contribution in [0.1, 0.15) is 65.0 Å². The minimum atomic E-state index is -0.308. The first-order valence-electron chi connectivity index (χ1n) is 9.41. The van der Waals surface area contributed by atoms with E-state index in [1.165, 1.54) is 19.1 Å². The molecule has 2 aromatic rings. The van der Waals surface area contributed by atoms with Crippen LogP contribution < -0.4 is 5.32 Å². The topological polar surface area (TPSA) is 62.6 Å². The second-order valence-electron chi connectivity index (χ2n) is 7.34. The molecule has 2 fully saturated rings. The van der Waals surface area contributed by atoms with Crippen LogP contribution in [0.4, 0.5) is 5.69 Å². The summed E-state index contributed by atoms with van der Waals surface area (Å²) in [4.78, 5) is 27.6. The molecule has 26 heavy (non-hydrogen) atoms. The first-order chi connectivity index (χ1) is 12.6. The van der Waals surface area contributed by atoms with Crippen molar-refractivity contribution in [2.75, 3.05) is 5.32 Å². The predicted octanol–water partition coefficient (Wildman–Crippen LogP) is 4.39. The molecular weight excluding hydrogens is 328 g/mol. The zero-order valence-electron chi connectivity index (χ0n) is 15.0. The van der Waals surface area contributed by atoms with Crippen LogP contribution in [0, 0.1) is 6.92 Å². The maximum absolute atomic E-state index is 13.2. The van der Waals surface area contributed by atoms with Crippen LogP contribution in [0.2, 0.25) is 0 Å². The average Bonchev–Trinajstić information content (AvgIpc) is 3.11. The summed E-state index contributed by atoms with van der Waals surface area (Å²) < 4.78 is 5.14. The van der Waals surface area contributed by atoms with E-state index in [4.69, 9.17) is 4.42 Å². The highest BCUT2D eigenvalue weighted by atomic mass is 16.3. The number of furan rings is 1. The third-order valence-electron chi connectivity index (χ3n) is 5.37. The smallest absolute Gasteiger partial charge is 0.291 e. The Morgan fingerprint density at radius 3 is 2.46 bits per heavy atom. The van der Waals surface area contributed by atoms with Gasteiger partial charge in [0, 0.05) is 23.3 Å². The molecule has 2 aliphatic carbocycles. The molecule has 0 radical (unpaired) electrons. The Morgan fingerprint density at radius 1 is 1.08 bits per heavy atom. The summed E-state index contributed by atoms with van der Waals surface area (Å²) in [6.07, 6.45) is 8.31. The molecule has 0 saturated heterocycles. The summed E-state index contributed by atoms with van der Waals surface area (Å²) in [5, 5.41) is 2.86. The molecule has 5 heteroatoms. The van der Waals surface area contributed by atoms with Gasteiger partial charge in [0.05, 0.1) is 6.26 Å². The average molecular weight is 352 g/mol. The first kappa shape index (κ1) is 16.9. The van der Waals surface area contributed by atoms with Crippen molar-refractivity contribution < 1.29 is 14.0 Å². The third-order valence-corrected chi connectivity index (χ3v) is 5.37. The van der Waals surface area contributed by atoms with Crippen LogP contribution in [0.25, 0.3) is 0 Å². The molecule has 0 spiro atoms. The molecule has 0 aliphatic heterocycles. The number of anilines is 1. The molecule has 2 aliphatic rings. The van der Waals surface area contributed by atoms with E-state index in [2.05, 4.69) is 10.2 Å². The molecule has 1 N–H and O–H groups in total. The normalized spacial score (nSPS) is 17.3. The molecule has 1 aromatic heterocycles. The minimum Gasteiger partial charge on any atom is -0.459 e. The molecule has 4 rings (SSSR count). The monoisotopic (exact) mass is 352 g/mol. The SMILES string of the molecule is Cc1ccc(C(=O)N(C2CCCC2)C2CC2)cc1NC(=O)c1ccco1. The fraction of sp³-hybridized carbons (Fsp3) is 0.429. The lowest BCUT2D eigenvalue weighted by Gasteiger charge is -2.29. The lowest BCUT2D eigenvalue weighted by Crippen LogP contribution is -2.40. The second-order valence-corrected chi connectivity index (χ2v) is 7.34. The molecule has 2 amide bonds. The van der Waals surface area contributed by atoms with Gasteiger partial charge in [0.1, 0.15) is 0 Å². The predicted molar refractivity (Wildman–Crippen MR) is 99.3 cm³/mol. The van der Waals surface area contributed by atoms with E-state index >= 15 is 0 Å². The summed E-state index contributed by atoms with van der Waals surface area (Å²) in [5.74, 6) is 0.0390. The van der Waals surface area contributed by atoms with E-state index in [1.807, 2.05) is 19.1 Å². The number of carbonyl (C=O) groups excluding carboxylic acids is 2. The Bertz CT molecular complexity index is 803. The quantitative estimate of drug-likeness (QED) is 0.868. The van der Waals surface area contributed by atoms with Gasteiger partial charge < -0.3 is 14.6 Å². The molecule has 1 aromatic carbocycles. The van der Waals surface area contributed by atoms with Gasteiger partial charge in [0.25, 0.3) is 11.8 Å². The van der Waals surface area contributed by atoms with E-state index < -0.39 is 0 Å². The van der Waals surface area contributed by atoms with Crippen molar-refractivity contribution in [2.45, 2.75) is 57.5 Å². The van der Waals surface area contributed by atoms with Crippen LogP contribution in [0.3, 0.4) is 0 Å². The van der Waals surface area contributed by atoms with Crippen molar-refractivity contribution in [3.63, 3.8) is 0 Å². The number of benzene rings is 1. The van der Waals surface area contributed by atoms with Crippen LogP contribution in [0.15, 0.2) is 41.0 Å². The van der Waals surface area contributed by atoms with E-state index in [0.29, 0.717) is 23.3 Å². The molecule has 1 heterocycles. The van der Waals surface area contributed by atoms with Gasteiger partial charge in [-0.1, -0.05) is 18.9 Å². The number of hydrogen-bond donors (Lipinski definition) is 1. The number of aryl methyl sites for hydroxylation is 1. The number of nitrogens with zero attached hydrogens (tertiary/aromatic N) is 1.